The van der Waals surface area contributed by atoms with Crippen molar-refractivity contribution < 1.29 is 9.53 Å². The number of hydrogen-bond acceptors (Lipinski definition) is 4. The van der Waals surface area contributed by atoms with Gasteiger partial charge in [0.1, 0.15) is 6.10 Å². The summed E-state index contributed by atoms with van der Waals surface area (Å²) in [6.45, 7) is 3.50. The fourth-order valence-corrected chi connectivity index (χ4v) is 3.56. The predicted molar refractivity (Wildman–Crippen MR) is 111 cm³/mol. The van der Waals surface area contributed by atoms with Gasteiger partial charge in [0, 0.05) is 30.9 Å². The first-order valence-corrected chi connectivity index (χ1v) is 9.44. The molecule has 0 unspecified atom stereocenters. The quantitative estimate of drug-likeness (QED) is 0.738. The molecule has 2 aromatic carbocycles. The van der Waals surface area contributed by atoms with Gasteiger partial charge in [-0.05, 0) is 35.7 Å². The molecule has 1 fully saturated rings. The molecule has 1 amide bonds. The number of primary amides is 1. The van der Waals surface area contributed by atoms with E-state index in [1.807, 2.05) is 67.6 Å². The zero-order chi connectivity index (χ0) is 19.5. The molecule has 1 saturated heterocycles. The van der Waals surface area contributed by atoms with E-state index in [-0.39, 0.29) is 6.10 Å². The second kappa shape index (κ2) is 7.72. The van der Waals surface area contributed by atoms with Crippen LogP contribution in [0, 0.1) is 6.92 Å². The molecule has 2 heterocycles. The minimum Gasteiger partial charge on any atom is -0.472 e. The van der Waals surface area contributed by atoms with Gasteiger partial charge in [0.2, 0.25) is 5.88 Å². The van der Waals surface area contributed by atoms with Crippen LogP contribution in [0.25, 0.3) is 11.1 Å². The number of rotatable bonds is 5. The fourth-order valence-electron chi connectivity index (χ4n) is 3.56. The number of nitrogens with two attached hydrogens (primary N) is 1. The number of hydrogen-bond donors (Lipinski definition) is 1. The Kier molecular flexibility index (Phi) is 4.98. The smallest absolute Gasteiger partial charge is 0.250 e. The highest BCUT2D eigenvalue weighted by Crippen LogP contribution is 2.30. The van der Waals surface area contributed by atoms with E-state index in [9.17, 15) is 4.79 Å². The van der Waals surface area contributed by atoms with E-state index < -0.39 is 5.91 Å². The number of carbonyl (C=O) groups is 1. The van der Waals surface area contributed by atoms with Crippen molar-refractivity contribution in [3.05, 3.63) is 78.0 Å². The summed E-state index contributed by atoms with van der Waals surface area (Å²) in [4.78, 5) is 18.6. The summed E-state index contributed by atoms with van der Waals surface area (Å²) in [5, 5.41) is 0. The molecule has 1 aliphatic rings. The molecule has 0 saturated carbocycles. The predicted octanol–water partition coefficient (Wildman–Crippen LogP) is 3.81. The van der Waals surface area contributed by atoms with Gasteiger partial charge in [-0.2, -0.15) is 0 Å². The molecule has 0 radical (unpaired) electrons. The highest BCUT2D eigenvalue weighted by Gasteiger charge is 2.27. The van der Waals surface area contributed by atoms with Crippen molar-refractivity contribution in [1.29, 1.82) is 0 Å². The maximum Gasteiger partial charge on any atom is 0.250 e. The third kappa shape index (κ3) is 3.83. The zero-order valence-corrected chi connectivity index (χ0v) is 15.8. The number of amides is 1. The number of pyridine rings is 1. The summed E-state index contributed by atoms with van der Waals surface area (Å²) in [6, 6.07) is 19.8. The van der Waals surface area contributed by atoms with E-state index >= 15 is 0 Å². The van der Waals surface area contributed by atoms with Crippen molar-refractivity contribution in [3.8, 4) is 17.0 Å². The van der Waals surface area contributed by atoms with Crippen LogP contribution in [0.3, 0.4) is 0 Å². The van der Waals surface area contributed by atoms with Crippen molar-refractivity contribution in [2.45, 2.75) is 19.4 Å². The molecule has 0 bridgehead atoms. The van der Waals surface area contributed by atoms with Crippen molar-refractivity contribution in [2.24, 2.45) is 5.73 Å². The van der Waals surface area contributed by atoms with E-state index in [0.29, 0.717) is 18.0 Å². The number of anilines is 1. The Balaban J connectivity index is 1.54. The Bertz CT molecular complexity index is 971. The molecule has 5 heteroatoms. The number of carbonyl (C=O) groups excluding carboxylic acids is 1. The van der Waals surface area contributed by atoms with Gasteiger partial charge < -0.3 is 15.4 Å². The maximum atomic E-state index is 12.1. The van der Waals surface area contributed by atoms with Crippen molar-refractivity contribution in [2.75, 3.05) is 18.0 Å². The third-order valence-corrected chi connectivity index (χ3v) is 5.03. The van der Waals surface area contributed by atoms with Crippen LogP contribution in [-0.4, -0.2) is 30.1 Å². The molecule has 0 aliphatic carbocycles. The van der Waals surface area contributed by atoms with Crippen LogP contribution in [0.1, 0.15) is 22.3 Å². The van der Waals surface area contributed by atoms with Gasteiger partial charge in [0.05, 0.1) is 12.1 Å². The summed E-state index contributed by atoms with van der Waals surface area (Å²) >= 11 is 0. The molecular weight excluding hydrogens is 350 g/mol. The summed E-state index contributed by atoms with van der Waals surface area (Å²) in [5.74, 6) is 0.212. The Labute approximate surface area is 164 Å². The van der Waals surface area contributed by atoms with Crippen LogP contribution in [-0.2, 0) is 0 Å². The molecule has 1 aliphatic heterocycles. The Morgan fingerprint density at radius 3 is 2.64 bits per heavy atom. The lowest BCUT2D eigenvalue weighted by molar-refractivity contribution is 0.100. The van der Waals surface area contributed by atoms with Crippen LogP contribution < -0.4 is 15.4 Å². The molecule has 2 N–H and O–H groups in total. The molecule has 4 rings (SSSR count). The van der Waals surface area contributed by atoms with Gasteiger partial charge in [-0.15, -0.1) is 0 Å². The highest BCUT2D eigenvalue weighted by atomic mass is 16.5. The van der Waals surface area contributed by atoms with Gasteiger partial charge in [0.15, 0.2) is 0 Å². The van der Waals surface area contributed by atoms with E-state index in [0.717, 1.165) is 35.3 Å². The number of nitrogens with zero attached hydrogens (tertiary/aromatic N) is 2. The topological polar surface area (TPSA) is 68.5 Å². The van der Waals surface area contributed by atoms with Gasteiger partial charge in [0.25, 0.3) is 5.91 Å². The van der Waals surface area contributed by atoms with Crippen molar-refractivity contribution in [3.63, 3.8) is 0 Å². The minimum atomic E-state index is -0.419. The SMILES string of the molecule is Cc1ccc(O[C@H]2CCN(c3ccc(-c4ccccc4)cc3C(N)=O)C2)nc1. The Hall–Kier alpha value is -3.34. The standard InChI is InChI=1S/C23H23N3O2/c1-16-7-10-22(25-14-16)28-19-11-12-26(15-19)21-9-8-18(13-20(21)23(24)27)17-5-3-2-4-6-17/h2-10,13-14,19H,11-12,15H2,1H3,(H2,24,27)/t19-/m0/s1. The lowest BCUT2D eigenvalue weighted by Crippen LogP contribution is -2.27. The molecule has 3 aromatic rings. The summed E-state index contributed by atoms with van der Waals surface area (Å²) in [7, 11) is 0. The van der Waals surface area contributed by atoms with Crippen LogP contribution in [0.5, 0.6) is 5.88 Å². The van der Waals surface area contributed by atoms with Crippen LogP contribution in [0.15, 0.2) is 66.9 Å². The summed E-state index contributed by atoms with van der Waals surface area (Å²) < 4.78 is 6.01. The van der Waals surface area contributed by atoms with Crippen molar-refractivity contribution >= 4 is 11.6 Å². The first-order valence-electron chi connectivity index (χ1n) is 9.44. The fraction of sp³-hybridized carbons (Fsp3) is 0.217. The Morgan fingerprint density at radius 2 is 1.93 bits per heavy atom. The number of ether oxygens (including phenoxy) is 1. The minimum absolute atomic E-state index is 0.0322. The average molecular weight is 373 g/mol. The third-order valence-electron chi connectivity index (χ3n) is 5.03. The molecule has 142 valence electrons. The van der Waals surface area contributed by atoms with Crippen LogP contribution >= 0.6 is 0 Å². The first-order chi connectivity index (χ1) is 13.6. The molecular formula is C23H23N3O2. The largest absolute Gasteiger partial charge is 0.472 e. The van der Waals surface area contributed by atoms with E-state index in [2.05, 4.69) is 9.88 Å². The van der Waals surface area contributed by atoms with Crippen LogP contribution in [0.2, 0.25) is 0 Å². The zero-order valence-electron chi connectivity index (χ0n) is 15.8. The highest BCUT2D eigenvalue weighted by molar-refractivity contribution is 6.00. The van der Waals surface area contributed by atoms with E-state index in [4.69, 9.17) is 10.5 Å². The molecule has 28 heavy (non-hydrogen) atoms. The number of aromatic nitrogens is 1. The first kappa shape index (κ1) is 18.0. The van der Waals surface area contributed by atoms with Gasteiger partial charge in [-0.1, -0.05) is 42.5 Å². The summed E-state index contributed by atoms with van der Waals surface area (Å²) in [5.41, 5.74) is 10.2. The monoisotopic (exact) mass is 373 g/mol. The van der Waals surface area contributed by atoms with Gasteiger partial charge in [-0.3, -0.25) is 4.79 Å². The number of benzene rings is 2. The van der Waals surface area contributed by atoms with Gasteiger partial charge >= 0.3 is 0 Å². The second-order valence-corrected chi connectivity index (χ2v) is 7.11. The van der Waals surface area contributed by atoms with Crippen LogP contribution in [0.4, 0.5) is 5.69 Å². The maximum absolute atomic E-state index is 12.1. The van der Waals surface area contributed by atoms with Crippen molar-refractivity contribution in [1.82, 2.24) is 4.98 Å². The lowest BCUT2D eigenvalue weighted by atomic mass is 10.0. The molecule has 0 spiro atoms. The number of aryl methyl sites for hydroxylation is 1. The Morgan fingerprint density at radius 1 is 1.11 bits per heavy atom. The van der Waals surface area contributed by atoms with Gasteiger partial charge in [-0.25, -0.2) is 4.98 Å². The van der Waals surface area contributed by atoms with E-state index in [1.165, 1.54) is 0 Å². The normalized spacial score (nSPS) is 16.2. The summed E-state index contributed by atoms with van der Waals surface area (Å²) in [6.07, 6.45) is 2.70. The lowest BCUT2D eigenvalue weighted by Gasteiger charge is -2.22. The molecule has 1 aromatic heterocycles. The van der Waals surface area contributed by atoms with E-state index in [1.54, 1.807) is 6.20 Å². The average Bonchev–Trinajstić information content (AvgIpc) is 3.18. The second-order valence-electron chi connectivity index (χ2n) is 7.11. The molecule has 5 nitrogen and oxygen atoms in total. The molecule has 1 atom stereocenters.